The third-order valence-electron chi connectivity index (χ3n) is 2.69. The first-order chi connectivity index (χ1) is 10.2. The lowest BCUT2D eigenvalue weighted by molar-refractivity contribution is -0.119. The number of hydrogen-bond donors (Lipinski definition) is 1. The van der Waals surface area contributed by atoms with E-state index in [1.54, 1.807) is 37.7 Å². The molecule has 6 nitrogen and oxygen atoms in total. The number of urea groups is 1. The molecule has 108 valence electrons. The van der Waals surface area contributed by atoms with Crippen LogP contribution in [0.2, 0.25) is 0 Å². The Hall–Kier alpha value is -2.41. The van der Waals surface area contributed by atoms with E-state index in [-0.39, 0.29) is 0 Å². The van der Waals surface area contributed by atoms with Crippen molar-refractivity contribution in [3.63, 3.8) is 0 Å². The van der Waals surface area contributed by atoms with Gasteiger partial charge in [-0.3, -0.25) is 14.8 Å². The molecule has 0 bridgehead atoms. The molecule has 0 aromatic carbocycles. The predicted molar refractivity (Wildman–Crippen MR) is 82.5 cm³/mol. The van der Waals surface area contributed by atoms with Crippen molar-refractivity contribution in [1.29, 1.82) is 0 Å². The van der Waals surface area contributed by atoms with Gasteiger partial charge >= 0.3 is 6.03 Å². The zero-order valence-electron chi connectivity index (χ0n) is 11.4. The number of allylic oxidation sites excluding steroid dienone is 2. The van der Waals surface area contributed by atoms with Crippen LogP contribution >= 0.6 is 11.9 Å². The molecule has 2 heterocycles. The van der Waals surface area contributed by atoms with Crippen molar-refractivity contribution >= 4 is 28.9 Å². The van der Waals surface area contributed by atoms with Gasteiger partial charge in [0.05, 0.1) is 5.57 Å². The summed E-state index contributed by atoms with van der Waals surface area (Å²) in [5.41, 5.74) is 1.28. The Morgan fingerprint density at radius 1 is 1.52 bits per heavy atom. The molecular formula is C14H14N4O2S. The first-order valence-electron chi connectivity index (χ1n) is 6.16. The monoisotopic (exact) mass is 302 g/mol. The number of aliphatic imine (C=N–C) groups is 1. The van der Waals surface area contributed by atoms with E-state index in [0.29, 0.717) is 17.2 Å². The third kappa shape index (κ3) is 3.38. The van der Waals surface area contributed by atoms with Gasteiger partial charge < -0.3 is 5.32 Å². The summed E-state index contributed by atoms with van der Waals surface area (Å²) in [7, 11) is 1.57. The molecule has 0 unspecified atom stereocenters. The summed E-state index contributed by atoms with van der Waals surface area (Å²) in [4.78, 5) is 32.1. The Labute approximate surface area is 126 Å². The summed E-state index contributed by atoms with van der Waals surface area (Å²) in [5, 5.41) is 3.19. The summed E-state index contributed by atoms with van der Waals surface area (Å²) >= 11 is 1.00. The summed E-state index contributed by atoms with van der Waals surface area (Å²) in [6, 6.07) is 3.11. The smallest absolute Gasteiger partial charge is 0.333 e. The first kappa shape index (κ1) is 15.0. The van der Waals surface area contributed by atoms with E-state index in [9.17, 15) is 9.59 Å². The van der Waals surface area contributed by atoms with Crippen molar-refractivity contribution in [1.82, 2.24) is 14.6 Å². The first-order valence-corrected chi connectivity index (χ1v) is 6.93. The minimum atomic E-state index is -0.476. The molecule has 7 heteroatoms. The third-order valence-corrected chi connectivity index (χ3v) is 3.78. The normalized spacial score (nSPS) is 18.3. The molecule has 0 radical (unpaired) electrons. The van der Waals surface area contributed by atoms with Crippen LogP contribution in [0.1, 0.15) is 5.56 Å². The van der Waals surface area contributed by atoms with Crippen molar-refractivity contribution in [2.45, 2.75) is 6.54 Å². The Balaban J connectivity index is 2.05. The largest absolute Gasteiger partial charge is 0.335 e. The Bertz CT molecular complexity index is 625. The number of nitrogens with zero attached hydrogens (tertiary/aromatic N) is 3. The molecule has 2 rings (SSSR count). The highest BCUT2D eigenvalue weighted by Gasteiger charge is 2.36. The van der Waals surface area contributed by atoms with Crippen molar-refractivity contribution in [3.05, 3.63) is 54.4 Å². The van der Waals surface area contributed by atoms with Crippen LogP contribution in [0.3, 0.4) is 0 Å². The number of rotatable bonds is 3. The highest BCUT2D eigenvalue weighted by atomic mass is 32.2. The number of carbonyl (C=O) groups excluding carboxylic acids is 2. The standard InChI is InChI=1S/C14H14N4O2S/c1-3-4-11-12(15-2)21-18(13(11)19)14(20)17-9-10-5-7-16-8-6-10/h3-8H,1,9H2,2H3,(H,17,20)/b11-4+,15-12+. The average Bonchev–Trinajstić information content (AvgIpc) is 2.83. The zero-order valence-corrected chi connectivity index (χ0v) is 12.3. The molecule has 0 atom stereocenters. The minimum absolute atomic E-state index is 0.324. The summed E-state index contributed by atoms with van der Waals surface area (Å²) in [6.45, 7) is 3.88. The van der Waals surface area contributed by atoms with Crippen LogP contribution in [0, 0.1) is 0 Å². The van der Waals surface area contributed by atoms with Gasteiger partial charge in [0.15, 0.2) is 0 Å². The van der Waals surface area contributed by atoms with Gasteiger partial charge in [0, 0.05) is 37.9 Å². The molecule has 1 saturated heterocycles. The van der Waals surface area contributed by atoms with Crippen LogP contribution in [0.4, 0.5) is 4.79 Å². The van der Waals surface area contributed by atoms with Gasteiger partial charge in [-0.1, -0.05) is 12.7 Å². The second kappa shape index (κ2) is 6.85. The highest BCUT2D eigenvalue weighted by Crippen LogP contribution is 2.29. The fraction of sp³-hybridized carbons (Fsp3) is 0.143. The van der Waals surface area contributed by atoms with E-state index >= 15 is 0 Å². The quantitative estimate of drug-likeness (QED) is 0.684. The van der Waals surface area contributed by atoms with E-state index in [1.165, 1.54) is 6.08 Å². The van der Waals surface area contributed by atoms with Gasteiger partial charge in [0.25, 0.3) is 5.91 Å². The van der Waals surface area contributed by atoms with Gasteiger partial charge in [0.2, 0.25) is 0 Å². The molecule has 21 heavy (non-hydrogen) atoms. The number of pyridine rings is 1. The van der Waals surface area contributed by atoms with Crippen LogP contribution in [0.5, 0.6) is 0 Å². The molecule has 1 N–H and O–H groups in total. The molecule has 0 aliphatic carbocycles. The maximum atomic E-state index is 12.2. The lowest BCUT2D eigenvalue weighted by atomic mass is 10.2. The Morgan fingerprint density at radius 2 is 2.24 bits per heavy atom. The van der Waals surface area contributed by atoms with E-state index in [4.69, 9.17) is 0 Å². The second-order valence-electron chi connectivity index (χ2n) is 4.05. The number of carbonyl (C=O) groups is 2. The van der Waals surface area contributed by atoms with Gasteiger partial charge in [-0.2, -0.15) is 4.31 Å². The Morgan fingerprint density at radius 3 is 2.86 bits per heavy atom. The second-order valence-corrected chi connectivity index (χ2v) is 4.98. The van der Waals surface area contributed by atoms with Gasteiger partial charge in [-0.25, -0.2) is 4.79 Å². The van der Waals surface area contributed by atoms with Crippen LogP contribution in [0.25, 0.3) is 0 Å². The average molecular weight is 302 g/mol. The number of nitrogens with one attached hydrogen (secondary N) is 1. The maximum absolute atomic E-state index is 12.2. The molecule has 1 aliphatic rings. The van der Waals surface area contributed by atoms with Crippen LogP contribution in [-0.4, -0.2) is 33.3 Å². The number of amides is 3. The lowest BCUT2D eigenvalue weighted by Crippen LogP contribution is -2.36. The van der Waals surface area contributed by atoms with Crippen LogP contribution < -0.4 is 5.32 Å². The van der Waals surface area contributed by atoms with Crippen molar-refractivity contribution in [3.8, 4) is 0 Å². The van der Waals surface area contributed by atoms with Crippen LogP contribution in [0.15, 0.2) is 53.8 Å². The molecular weight excluding hydrogens is 288 g/mol. The van der Waals surface area contributed by atoms with E-state index in [2.05, 4.69) is 21.9 Å². The number of imide groups is 1. The fourth-order valence-corrected chi connectivity index (χ4v) is 2.52. The van der Waals surface area contributed by atoms with E-state index in [1.807, 2.05) is 0 Å². The van der Waals surface area contributed by atoms with Gasteiger partial charge in [-0.15, -0.1) is 0 Å². The molecule has 0 saturated carbocycles. The van der Waals surface area contributed by atoms with Gasteiger partial charge in [-0.05, 0) is 23.8 Å². The van der Waals surface area contributed by atoms with Crippen molar-refractivity contribution < 1.29 is 9.59 Å². The maximum Gasteiger partial charge on any atom is 0.335 e. The van der Waals surface area contributed by atoms with Crippen LogP contribution in [-0.2, 0) is 11.3 Å². The number of hydrogen-bond acceptors (Lipinski definition) is 5. The molecule has 1 aliphatic heterocycles. The van der Waals surface area contributed by atoms with Crippen molar-refractivity contribution in [2.24, 2.45) is 4.99 Å². The van der Waals surface area contributed by atoms with Crippen molar-refractivity contribution in [2.75, 3.05) is 7.05 Å². The minimum Gasteiger partial charge on any atom is -0.333 e. The zero-order chi connectivity index (χ0) is 15.2. The summed E-state index contributed by atoms with van der Waals surface area (Å²) < 4.78 is 1.05. The Kier molecular flexibility index (Phi) is 4.89. The SMILES string of the molecule is C=C/C=C1/C(=O)N(C(=O)NCc2ccncc2)S/C1=N/C. The van der Waals surface area contributed by atoms with Gasteiger partial charge in [0.1, 0.15) is 5.04 Å². The predicted octanol–water partition coefficient (Wildman–Crippen LogP) is 1.92. The summed E-state index contributed by atoms with van der Waals surface area (Å²) in [5.74, 6) is -0.396. The number of aromatic nitrogens is 1. The highest BCUT2D eigenvalue weighted by molar-refractivity contribution is 8.14. The lowest BCUT2D eigenvalue weighted by Gasteiger charge is -2.12. The summed E-state index contributed by atoms with van der Waals surface area (Å²) in [6.07, 6.45) is 6.33. The van der Waals surface area contributed by atoms with E-state index in [0.717, 1.165) is 21.8 Å². The molecule has 1 fully saturated rings. The molecule has 3 amide bonds. The topological polar surface area (TPSA) is 74.7 Å². The molecule has 1 aromatic rings. The fourth-order valence-electron chi connectivity index (χ4n) is 1.68. The molecule has 0 spiro atoms. The van der Waals surface area contributed by atoms with E-state index < -0.39 is 11.9 Å². The molecule has 1 aromatic heterocycles.